The van der Waals surface area contributed by atoms with E-state index in [4.69, 9.17) is 5.11 Å². The highest BCUT2D eigenvalue weighted by molar-refractivity contribution is 5.50. The van der Waals surface area contributed by atoms with Crippen LogP contribution in [-0.2, 0) is 6.42 Å². The fourth-order valence-electron chi connectivity index (χ4n) is 1.37. The SMILES string of the molecule is CCNc1ccccc1CCCO. The fraction of sp³-hybridized carbons (Fsp3) is 0.455. The van der Waals surface area contributed by atoms with Gasteiger partial charge >= 0.3 is 0 Å². The average molecular weight is 179 g/mol. The van der Waals surface area contributed by atoms with Crippen LogP contribution in [0.15, 0.2) is 24.3 Å². The van der Waals surface area contributed by atoms with Crippen molar-refractivity contribution in [2.24, 2.45) is 0 Å². The molecular formula is C11H17NO. The highest BCUT2D eigenvalue weighted by atomic mass is 16.2. The summed E-state index contributed by atoms with van der Waals surface area (Å²) in [6, 6.07) is 8.25. The molecule has 0 unspecified atom stereocenters. The summed E-state index contributed by atoms with van der Waals surface area (Å²) in [6.07, 6.45) is 1.78. The summed E-state index contributed by atoms with van der Waals surface area (Å²) in [4.78, 5) is 0. The van der Waals surface area contributed by atoms with Gasteiger partial charge in [0, 0.05) is 18.8 Å². The molecule has 2 N–H and O–H groups in total. The maximum atomic E-state index is 8.73. The number of anilines is 1. The molecule has 0 atom stereocenters. The Hall–Kier alpha value is -1.02. The van der Waals surface area contributed by atoms with Crippen LogP contribution in [-0.4, -0.2) is 18.3 Å². The Bertz CT molecular complexity index is 248. The second-order valence-corrected chi connectivity index (χ2v) is 3.01. The lowest BCUT2D eigenvalue weighted by molar-refractivity contribution is 0.288. The predicted octanol–water partition coefficient (Wildman–Crippen LogP) is 2.04. The van der Waals surface area contributed by atoms with E-state index in [-0.39, 0.29) is 6.61 Å². The van der Waals surface area contributed by atoms with Gasteiger partial charge in [-0.05, 0) is 31.4 Å². The first-order valence-electron chi connectivity index (χ1n) is 4.81. The summed E-state index contributed by atoms with van der Waals surface area (Å²) in [6.45, 7) is 3.29. The van der Waals surface area contributed by atoms with Gasteiger partial charge < -0.3 is 10.4 Å². The fourth-order valence-corrected chi connectivity index (χ4v) is 1.37. The average Bonchev–Trinajstić information content (AvgIpc) is 2.17. The third kappa shape index (κ3) is 3.07. The molecule has 0 heterocycles. The van der Waals surface area contributed by atoms with Crippen molar-refractivity contribution in [3.63, 3.8) is 0 Å². The number of aryl methyl sites for hydroxylation is 1. The second-order valence-electron chi connectivity index (χ2n) is 3.01. The molecule has 0 saturated carbocycles. The van der Waals surface area contributed by atoms with E-state index in [2.05, 4.69) is 24.4 Å². The van der Waals surface area contributed by atoms with Crippen LogP contribution in [0.3, 0.4) is 0 Å². The Morgan fingerprint density at radius 1 is 1.31 bits per heavy atom. The van der Waals surface area contributed by atoms with Gasteiger partial charge in [-0.3, -0.25) is 0 Å². The van der Waals surface area contributed by atoms with Crippen molar-refractivity contribution in [1.29, 1.82) is 0 Å². The van der Waals surface area contributed by atoms with Crippen LogP contribution in [0.2, 0.25) is 0 Å². The number of nitrogens with one attached hydrogen (secondary N) is 1. The molecule has 0 spiro atoms. The van der Waals surface area contributed by atoms with E-state index >= 15 is 0 Å². The van der Waals surface area contributed by atoms with Crippen LogP contribution >= 0.6 is 0 Å². The third-order valence-corrected chi connectivity index (χ3v) is 1.99. The molecule has 1 aromatic carbocycles. The Balaban J connectivity index is 2.66. The Kier molecular flexibility index (Phi) is 4.33. The molecule has 0 aliphatic rings. The zero-order chi connectivity index (χ0) is 9.52. The summed E-state index contributed by atoms with van der Waals surface area (Å²) >= 11 is 0. The Morgan fingerprint density at radius 2 is 2.08 bits per heavy atom. The number of benzene rings is 1. The number of aliphatic hydroxyl groups excluding tert-OH is 1. The number of rotatable bonds is 5. The summed E-state index contributed by atoms with van der Waals surface area (Å²) in [7, 11) is 0. The zero-order valence-corrected chi connectivity index (χ0v) is 8.09. The molecule has 0 aliphatic carbocycles. The molecule has 13 heavy (non-hydrogen) atoms. The minimum Gasteiger partial charge on any atom is -0.396 e. The Morgan fingerprint density at radius 3 is 2.77 bits per heavy atom. The van der Waals surface area contributed by atoms with E-state index in [0.717, 1.165) is 19.4 Å². The predicted molar refractivity (Wildman–Crippen MR) is 56.0 cm³/mol. The summed E-state index contributed by atoms with van der Waals surface area (Å²) in [5, 5.41) is 12.0. The van der Waals surface area contributed by atoms with Gasteiger partial charge in [0.05, 0.1) is 0 Å². The lowest BCUT2D eigenvalue weighted by Crippen LogP contribution is -2.01. The number of hydrogen-bond donors (Lipinski definition) is 2. The summed E-state index contributed by atoms with van der Waals surface area (Å²) < 4.78 is 0. The van der Waals surface area contributed by atoms with Crippen LogP contribution in [0.25, 0.3) is 0 Å². The van der Waals surface area contributed by atoms with E-state index in [1.165, 1.54) is 11.3 Å². The van der Waals surface area contributed by atoms with Crippen LogP contribution in [0, 0.1) is 0 Å². The van der Waals surface area contributed by atoms with E-state index in [0.29, 0.717) is 0 Å². The van der Waals surface area contributed by atoms with E-state index in [1.807, 2.05) is 12.1 Å². The highest BCUT2D eigenvalue weighted by Gasteiger charge is 1.98. The molecule has 0 aliphatic heterocycles. The molecule has 2 nitrogen and oxygen atoms in total. The zero-order valence-electron chi connectivity index (χ0n) is 8.09. The first-order chi connectivity index (χ1) is 6.38. The van der Waals surface area contributed by atoms with Crippen LogP contribution in [0.4, 0.5) is 5.69 Å². The molecule has 0 saturated heterocycles. The van der Waals surface area contributed by atoms with Crippen LogP contribution in [0.5, 0.6) is 0 Å². The smallest absolute Gasteiger partial charge is 0.0434 e. The van der Waals surface area contributed by atoms with Gasteiger partial charge in [0.25, 0.3) is 0 Å². The summed E-state index contributed by atoms with van der Waals surface area (Å²) in [5.74, 6) is 0. The van der Waals surface area contributed by atoms with Crippen molar-refractivity contribution in [3.05, 3.63) is 29.8 Å². The van der Waals surface area contributed by atoms with Crippen molar-refractivity contribution >= 4 is 5.69 Å². The number of hydrogen-bond acceptors (Lipinski definition) is 2. The van der Waals surface area contributed by atoms with E-state index in [9.17, 15) is 0 Å². The first kappa shape index (κ1) is 10.1. The van der Waals surface area contributed by atoms with Gasteiger partial charge in [0.2, 0.25) is 0 Å². The van der Waals surface area contributed by atoms with Crippen LogP contribution in [0.1, 0.15) is 18.9 Å². The molecule has 0 bridgehead atoms. The Labute approximate surface area is 79.6 Å². The second kappa shape index (κ2) is 5.60. The van der Waals surface area contributed by atoms with Crippen molar-refractivity contribution in [2.75, 3.05) is 18.5 Å². The van der Waals surface area contributed by atoms with Gasteiger partial charge in [0.15, 0.2) is 0 Å². The van der Waals surface area contributed by atoms with Gasteiger partial charge in [-0.25, -0.2) is 0 Å². The lowest BCUT2D eigenvalue weighted by Gasteiger charge is -2.09. The van der Waals surface area contributed by atoms with E-state index < -0.39 is 0 Å². The minimum atomic E-state index is 0.264. The largest absolute Gasteiger partial charge is 0.396 e. The van der Waals surface area contributed by atoms with Gasteiger partial charge in [-0.15, -0.1) is 0 Å². The van der Waals surface area contributed by atoms with Crippen molar-refractivity contribution in [3.8, 4) is 0 Å². The molecular weight excluding hydrogens is 162 g/mol. The monoisotopic (exact) mass is 179 g/mol. The molecule has 0 fully saturated rings. The molecule has 72 valence electrons. The normalized spacial score (nSPS) is 10.0. The number of aliphatic hydroxyl groups is 1. The molecule has 1 aromatic rings. The maximum Gasteiger partial charge on any atom is 0.0434 e. The quantitative estimate of drug-likeness (QED) is 0.725. The topological polar surface area (TPSA) is 32.3 Å². The molecule has 1 rings (SSSR count). The van der Waals surface area contributed by atoms with E-state index in [1.54, 1.807) is 0 Å². The molecule has 0 radical (unpaired) electrons. The highest BCUT2D eigenvalue weighted by Crippen LogP contribution is 2.16. The molecule has 2 heteroatoms. The standard InChI is InChI=1S/C11H17NO/c1-2-12-11-8-4-3-6-10(11)7-5-9-13/h3-4,6,8,12-13H,2,5,7,9H2,1H3. The van der Waals surface area contributed by atoms with Crippen molar-refractivity contribution < 1.29 is 5.11 Å². The first-order valence-corrected chi connectivity index (χ1v) is 4.81. The third-order valence-electron chi connectivity index (χ3n) is 1.99. The van der Waals surface area contributed by atoms with Gasteiger partial charge in [-0.2, -0.15) is 0 Å². The molecule has 0 amide bonds. The van der Waals surface area contributed by atoms with Gasteiger partial charge in [-0.1, -0.05) is 18.2 Å². The number of para-hydroxylation sites is 1. The molecule has 0 aromatic heterocycles. The van der Waals surface area contributed by atoms with Crippen molar-refractivity contribution in [1.82, 2.24) is 0 Å². The summed E-state index contributed by atoms with van der Waals surface area (Å²) in [5.41, 5.74) is 2.48. The van der Waals surface area contributed by atoms with Gasteiger partial charge in [0.1, 0.15) is 0 Å². The minimum absolute atomic E-state index is 0.264. The lowest BCUT2D eigenvalue weighted by atomic mass is 10.1. The maximum absolute atomic E-state index is 8.73. The van der Waals surface area contributed by atoms with Crippen molar-refractivity contribution in [2.45, 2.75) is 19.8 Å². The van der Waals surface area contributed by atoms with Crippen LogP contribution < -0.4 is 5.32 Å².